The monoisotopic (exact) mass is 261 g/mol. The van der Waals surface area contributed by atoms with Crippen molar-refractivity contribution in [2.45, 2.75) is 0 Å². The van der Waals surface area contributed by atoms with Gasteiger partial charge < -0.3 is 19.9 Å². The van der Waals surface area contributed by atoms with Crippen molar-refractivity contribution in [3.8, 4) is 28.6 Å². The summed E-state index contributed by atoms with van der Waals surface area (Å²) in [5.41, 5.74) is 7.03. The molecule has 0 saturated heterocycles. The zero-order chi connectivity index (χ0) is 13.8. The largest absolute Gasteiger partial charge is 0.497 e. The molecule has 2 aromatic rings. The number of hydrogen-bond donors (Lipinski definition) is 1. The minimum Gasteiger partial charge on any atom is -0.497 e. The van der Waals surface area contributed by atoms with E-state index in [-0.39, 0.29) is 5.95 Å². The fourth-order valence-electron chi connectivity index (χ4n) is 1.70. The third-order valence-electron chi connectivity index (χ3n) is 2.61. The normalized spacial score (nSPS) is 10.1. The molecule has 1 heterocycles. The summed E-state index contributed by atoms with van der Waals surface area (Å²) in [5, 5.41) is 0. The molecule has 1 aromatic carbocycles. The van der Waals surface area contributed by atoms with E-state index in [4.69, 9.17) is 19.9 Å². The lowest BCUT2D eigenvalue weighted by Crippen LogP contribution is -2.00. The fourth-order valence-corrected chi connectivity index (χ4v) is 1.70. The number of methoxy groups -OCH3 is 3. The second-order valence-corrected chi connectivity index (χ2v) is 3.72. The van der Waals surface area contributed by atoms with Crippen LogP contribution in [0.25, 0.3) is 11.3 Å². The van der Waals surface area contributed by atoms with Crippen molar-refractivity contribution in [1.82, 2.24) is 9.97 Å². The molecule has 0 aliphatic heterocycles. The fraction of sp³-hybridized carbons (Fsp3) is 0.231. The van der Waals surface area contributed by atoms with Crippen LogP contribution >= 0.6 is 0 Å². The van der Waals surface area contributed by atoms with Crippen LogP contribution in [0.1, 0.15) is 0 Å². The molecule has 0 spiro atoms. The predicted octanol–water partition coefficient (Wildman–Crippen LogP) is 1.75. The summed E-state index contributed by atoms with van der Waals surface area (Å²) in [6.45, 7) is 0. The maximum absolute atomic E-state index is 5.66. The molecule has 1 aromatic heterocycles. The molecule has 19 heavy (non-hydrogen) atoms. The highest BCUT2D eigenvalue weighted by atomic mass is 16.5. The zero-order valence-electron chi connectivity index (χ0n) is 11.0. The van der Waals surface area contributed by atoms with Gasteiger partial charge >= 0.3 is 0 Å². The second-order valence-electron chi connectivity index (χ2n) is 3.72. The van der Waals surface area contributed by atoms with Crippen molar-refractivity contribution < 1.29 is 14.2 Å². The lowest BCUT2D eigenvalue weighted by molar-refractivity contribution is 0.397. The molecule has 6 heteroatoms. The highest BCUT2D eigenvalue weighted by molar-refractivity contribution is 5.70. The first-order valence-corrected chi connectivity index (χ1v) is 5.59. The Morgan fingerprint density at radius 2 is 1.74 bits per heavy atom. The number of nitrogens with two attached hydrogens (primary N) is 1. The Labute approximate surface area is 111 Å². The first kappa shape index (κ1) is 12.9. The van der Waals surface area contributed by atoms with Crippen LogP contribution in [0.3, 0.4) is 0 Å². The van der Waals surface area contributed by atoms with Gasteiger partial charge in [-0.3, -0.25) is 0 Å². The average Bonchev–Trinajstić information content (AvgIpc) is 2.45. The summed E-state index contributed by atoms with van der Waals surface area (Å²) in [6, 6.07) is 7.12. The van der Waals surface area contributed by atoms with E-state index in [1.807, 2.05) is 12.1 Å². The third-order valence-corrected chi connectivity index (χ3v) is 2.61. The van der Waals surface area contributed by atoms with Gasteiger partial charge in [-0.25, -0.2) is 4.98 Å². The van der Waals surface area contributed by atoms with Gasteiger partial charge in [0.05, 0.1) is 27.0 Å². The number of anilines is 1. The number of hydrogen-bond acceptors (Lipinski definition) is 6. The molecular weight excluding hydrogens is 246 g/mol. The lowest BCUT2D eigenvalue weighted by atomic mass is 10.1. The molecule has 0 fully saturated rings. The van der Waals surface area contributed by atoms with Crippen molar-refractivity contribution in [1.29, 1.82) is 0 Å². The van der Waals surface area contributed by atoms with Gasteiger partial charge in [0.25, 0.3) is 0 Å². The number of ether oxygens (including phenoxy) is 3. The molecule has 0 unspecified atom stereocenters. The van der Waals surface area contributed by atoms with E-state index in [0.29, 0.717) is 23.1 Å². The molecular formula is C13H15N3O3. The molecule has 100 valence electrons. The molecule has 0 aliphatic rings. The molecule has 0 saturated carbocycles. The number of rotatable bonds is 4. The second kappa shape index (κ2) is 5.43. The minimum atomic E-state index is 0.138. The maximum atomic E-state index is 5.66. The van der Waals surface area contributed by atoms with E-state index in [2.05, 4.69) is 9.97 Å². The summed E-state index contributed by atoms with van der Waals surface area (Å²) in [4.78, 5) is 8.14. The van der Waals surface area contributed by atoms with E-state index in [1.54, 1.807) is 26.4 Å². The van der Waals surface area contributed by atoms with Crippen molar-refractivity contribution in [3.63, 3.8) is 0 Å². The molecule has 0 bridgehead atoms. The topological polar surface area (TPSA) is 79.5 Å². The van der Waals surface area contributed by atoms with Crippen LogP contribution in [0.5, 0.6) is 17.4 Å². The molecule has 0 radical (unpaired) electrons. The van der Waals surface area contributed by atoms with Crippen LogP contribution < -0.4 is 19.9 Å². The zero-order valence-corrected chi connectivity index (χ0v) is 11.0. The van der Waals surface area contributed by atoms with Crippen molar-refractivity contribution in [2.24, 2.45) is 0 Å². The highest BCUT2D eigenvalue weighted by Gasteiger charge is 2.11. The van der Waals surface area contributed by atoms with Gasteiger partial charge in [-0.15, -0.1) is 0 Å². The van der Waals surface area contributed by atoms with Gasteiger partial charge in [0, 0.05) is 11.6 Å². The number of nitrogens with zero attached hydrogens (tertiary/aromatic N) is 2. The smallest absolute Gasteiger partial charge is 0.223 e. The van der Waals surface area contributed by atoms with E-state index in [1.165, 1.54) is 7.11 Å². The SMILES string of the molecule is COc1ccc(OC)c(-c2cc(OC)nc(N)n2)c1. The van der Waals surface area contributed by atoms with Crippen LogP contribution in [-0.2, 0) is 0 Å². The predicted molar refractivity (Wildman–Crippen MR) is 71.5 cm³/mol. The molecule has 0 atom stereocenters. The Balaban J connectivity index is 2.59. The molecule has 6 nitrogen and oxygen atoms in total. The molecule has 0 amide bonds. The third kappa shape index (κ3) is 2.67. The first-order chi connectivity index (χ1) is 9.17. The summed E-state index contributed by atoms with van der Waals surface area (Å²) in [6.07, 6.45) is 0. The minimum absolute atomic E-state index is 0.138. The average molecular weight is 261 g/mol. The van der Waals surface area contributed by atoms with E-state index < -0.39 is 0 Å². The Morgan fingerprint density at radius 1 is 0.947 bits per heavy atom. The number of benzene rings is 1. The van der Waals surface area contributed by atoms with E-state index in [9.17, 15) is 0 Å². The van der Waals surface area contributed by atoms with Gasteiger partial charge in [-0.05, 0) is 18.2 Å². The first-order valence-electron chi connectivity index (χ1n) is 5.59. The summed E-state index contributed by atoms with van der Waals surface area (Å²) < 4.78 is 15.6. The van der Waals surface area contributed by atoms with Crippen LogP contribution in [0.2, 0.25) is 0 Å². The van der Waals surface area contributed by atoms with Crippen LogP contribution in [0.15, 0.2) is 24.3 Å². The van der Waals surface area contributed by atoms with E-state index in [0.717, 1.165) is 5.56 Å². The van der Waals surface area contributed by atoms with Gasteiger partial charge in [0.1, 0.15) is 11.5 Å². The number of aromatic nitrogens is 2. The quantitative estimate of drug-likeness (QED) is 0.903. The Kier molecular flexibility index (Phi) is 3.70. The van der Waals surface area contributed by atoms with Gasteiger partial charge in [-0.1, -0.05) is 0 Å². The van der Waals surface area contributed by atoms with Gasteiger partial charge in [0.15, 0.2) is 0 Å². The van der Waals surface area contributed by atoms with Gasteiger partial charge in [-0.2, -0.15) is 4.98 Å². The Bertz CT molecular complexity index is 587. The Morgan fingerprint density at radius 3 is 2.37 bits per heavy atom. The summed E-state index contributed by atoms with van der Waals surface area (Å²) in [7, 11) is 4.71. The molecule has 2 N–H and O–H groups in total. The summed E-state index contributed by atoms with van der Waals surface area (Å²) in [5.74, 6) is 1.90. The van der Waals surface area contributed by atoms with Gasteiger partial charge in [0.2, 0.25) is 11.8 Å². The summed E-state index contributed by atoms with van der Waals surface area (Å²) >= 11 is 0. The van der Waals surface area contributed by atoms with Crippen molar-refractivity contribution >= 4 is 5.95 Å². The Hall–Kier alpha value is -2.50. The van der Waals surface area contributed by atoms with Crippen molar-refractivity contribution in [3.05, 3.63) is 24.3 Å². The highest BCUT2D eigenvalue weighted by Crippen LogP contribution is 2.33. The van der Waals surface area contributed by atoms with Crippen LogP contribution in [0.4, 0.5) is 5.95 Å². The molecule has 2 rings (SSSR count). The standard InChI is InChI=1S/C13H15N3O3/c1-17-8-4-5-11(18-2)9(6-8)10-7-12(19-3)16-13(14)15-10/h4-7H,1-3H3,(H2,14,15,16). The van der Waals surface area contributed by atoms with Crippen LogP contribution in [0, 0.1) is 0 Å². The number of nitrogen functional groups attached to an aromatic ring is 1. The van der Waals surface area contributed by atoms with Crippen LogP contribution in [-0.4, -0.2) is 31.3 Å². The lowest BCUT2D eigenvalue weighted by Gasteiger charge is -2.11. The maximum Gasteiger partial charge on any atom is 0.223 e. The molecule has 0 aliphatic carbocycles. The van der Waals surface area contributed by atoms with E-state index >= 15 is 0 Å². The van der Waals surface area contributed by atoms with Crippen molar-refractivity contribution in [2.75, 3.05) is 27.1 Å².